The van der Waals surface area contributed by atoms with E-state index in [9.17, 15) is 9.59 Å². The molecule has 0 radical (unpaired) electrons. The first-order valence-electron chi connectivity index (χ1n) is 7.23. The van der Waals surface area contributed by atoms with Gasteiger partial charge in [-0.15, -0.1) is 0 Å². The molecule has 1 saturated carbocycles. The first kappa shape index (κ1) is 15.6. The lowest BCUT2D eigenvalue weighted by molar-refractivity contribution is -0.131. The number of halogens is 1. The molecule has 2 aromatic rings. The largest absolute Gasteiger partial charge is 0.360 e. The first-order chi connectivity index (χ1) is 10.9. The number of nitrogens with one attached hydrogen (secondary N) is 2. The Labute approximate surface area is 138 Å². The lowest BCUT2D eigenvalue weighted by Gasteiger charge is -2.15. The van der Waals surface area contributed by atoms with Crippen molar-refractivity contribution in [3.63, 3.8) is 0 Å². The van der Waals surface area contributed by atoms with Crippen LogP contribution in [0.3, 0.4) is 0 Å². The van der Waals surface area contributed by atoms with Crippen LogP contribution >= 0.6 is 11.6 Å². The Morgan fingerprint density at radius 3 is 2.43 bits per heavy atom. The fourth-order valence-corrected chi connectivity index (χ4v) is 2.58. The molecule has 1 aromatic heterocycles. The molecule has 1 aromatic carbocycles. The highest BCUT2D eigenvalue weighted by Gasteiger charge is 2.56. The molecule has 1 fully saturated rings. The smallest absolute Gasteiger partial charge is 0.241 e. The molecule has 1 aliphatic rings. The van der Waals surface area contributed by atoms with E-state index in [1.54, 1.807) is 31.2 Å². The van der Waals surface area contributed by atoms with Crippen molar-refractivity contribution in [2.24, 2.45) is 5.41 Å². The molecule has 1 heterocycles. The van der Waals surface area contributed by atoms with Gasteiger partial charge in [-0.05, 0) is 50.5 Å². The molecule has 1 aliphatic carbocycles. The molecule has 120 valence electrons. The van der Waals surface area contributed by atoms with E-state index in [1.165, 1.54) is 0 Å². The van der Waals surface area contributed by atoms with Crippen LogP contribution in [-0.4, -0.2) is 17.0 Å². The maximum atomic E-state index is 12.5. The van der Waals surface area contributed by atoms with Crippen LogP contribution in [-0.2, 0) is 9.59 Å². The number of rotatable bonds is 4. The van der Waals surface area contributed by atoms with Crippen molar-refractivity contribution in [3.05, 3.63) is 40.6 Å². The van der Waals surface area contributed by atoms with Gasteiger partial charge in [0.15, 0.2) is 5.82 Å². The van der Waals surface area contributed by atoms with E-state index in [1.807, 2.05) is 6.92 Å². The van der Waals surface area contributed by atoms with Crippen molar-refractivity contribution in [1.82, 2.24) is 5.16 Å². The minimum absolute atomic E-state index is 0.314. The fraction of sp³-hybridized carbons (Fsp3) is 0.312. The van der Waals surface area contributed by atoms with Gasteiger partial charge in [0.25, 0.3) is 0 Å². The van der Waals surface area contributed by atoms with Crippen molar-refractivity contribution in [1.29, 1.82) is 0 Å². The van der Waals surface area contributed by atoms with Crippen molar-refractivity contribution in [2.45, 2.75) is 26.7 Å². The summed E-state index contributed by atoms with van der Waals surface area (Å²) in [6.45, 7) is 3.57. The van der Waals surface area contributed by atoms with Crippen LogP contribution in [0.5, 0.6) is 0 Å². The number of aromatic nitrogens is 1. The van der Waals surface area contributed by atoms with Gasteiger partial charge in [0, 0.05) is 16.8 Å². The minimum atomic E-state index is -1.04. The number of aryl methyl sites for hydroxylation is 2. The van der Waals surface area contributed by atoms with Crippen LogP contribution in [0.2, 0.25) is 5.02 Å². The lowest BCUT2D eigenvalue weighted by atomic mass is 10.0. The summed E-state index contributed by atoms with van der Waals surface area (Å²) in [6.07, 6.45) is 1.02. The molecule has 2 amide bonds. The van der Waals surface area contributed by atoms with E-state index in [4.69, 9.17) is 16.1 Å². The second kappa shape index (κ2) is 5.70. The first-order valence-corrected chi connectivity index (χ1v) is 7.61. The minimum Gasteiger partial charge on any atom is -0.360 e. The second-order valence-corrected chi connectivity index (χ2v) is 6.21. The topological polar surface area (TPSA) is 84.2 Å². The van der Waals surface area contributed by atoms with E-state index in [0.717, 1.165) is 5.56 Å². The van der Waals surface area contributed by atoms with E-state index < -0.39 is 5.41 Å². The second-order valence-electron chi connectivity index (χ2n) is 5.77. The van der Waals surface area contributed by atoms with Gasteiger partial charge in [-0.2, -0.15) is 0 Å². The summed E-state index contributed by atoms with van der Waals surface area (Å²) in [5.74, 6) is 0.219. The normalized spacial score (nSPS) is 15.1. The molecule has 2 N–H and O–H groups in total. The van der Waals surface area contributed by atoms with Crippen LogP contribution in [0.15, 0.2) is 28.8 Å². The molecular formula is C16H16ClN3O3. The number of hydrogen-bond donors (Lipinski definition) is 2. The number of hydrogen-bond acceptors (Lipinski definition) is 4. The van der Waals surface area contributed by atoms with Gasteiger partial charge in [-0.25, -0.2) is 0 Å². The third-order valence-electron chi connectivity index (χ3n) is 3.93. The van der Waals surface area contributed by atoms with Crippen LogP contribution in [0.4, 0.5) is 11.5 Å². The summed E-state index contributed by atoms with van der Waals surface area (Å²) in [7, 11) is 0. The highest BCUT2D eigenvalue weighted by molar-refractivity contribution is 6.30. The molecule has 7 heteroatoms. The lowest BCUT2D eigenvalue weighted by Crippen LogP contribution is -2.35. The predicted octanol–water partition coefficient (Wildman–Crippen LogP) is 3.30. The maximum absolute atomic E-state index is 12.5. The zero-order valence-corrected chi connectivity index (χ0v) is 13.5. The van der Waals surface area contributed by atoms with E-state index in [2.05, 4.69) is 15.8 Å². The van der Waals surface area contributed by atoms with E-state index in [0.29, 0.717) is 35.1 Å². The number of anilines is 2. The Kier molecular flexibility index (Phi) is 3.85. The van der Waals surface area contributed by atoms with E-state index >= 15 is 0 Å². The van der Waals surface area contributed by atoms with Crippen LogP contribution < -0.4 is 10.6 Å². The molecule has 0 unspecified atom stereocenters. The zero-order valence-electron chi connectivity index (χ0n) is 12.8. The number of amides is 2. The number of carbonyl (C=O) groups excluding carboxylic acids is 2. The van der Waals surface area contributed by atoms with Gasteiger partial charge in [0.05, 0.1) is 0 Å². The zero-order chi connectivity index (χ0) is 16.6. The fourth-order valence-electron chi connectivity index (χ4n) is 2.35. The molecule has 0 atom stereocenters. The Balaban J connectivity index is 1.72. The molecule has 0 saturated heterocycles. The molecule has 6 nitrogen and oxygen atoms in total. The van der Waals surface area contributed by atoms with Crippen molar-refractivity contribution in [3.8, 4) is 0 Å². The number of benzene rings is 1. The third-order valence-corrected chi connectivity index (χ3v) is 4.16. The Morgan fingerprint density at radius 1 is 1.17 bits per heavy atom. The van der Waals surface area contributed by atoms with Gasteiger partial charge >= 0.3 is 0 Å². The molecule has 23 heavy (non-hydrogen) atoms. The summed E-state index contributed by atoms with van der Waals surface area (Å²) >= 11 is 5.91. The van der Waals surface area contributed by atoms with Crippen molar-refractivity contribution < 1.29 is 14.1 Å². The molecule has 0 bridgehead atoms. The number of nitrogens with zero attached hydrogens (tertiary/aromatic N) is 1. The van der Waals surface area contributed by atoms with Gasteiger partial charge < -0.3 is 15.2 Å². The van der Waals surface area contributed by atoms with Crippen molar-refractivity contribution in [2.75, 3.05) is 10.6 Å². The average molecular weight is 334 g/mol. The quantitative estimate of drug-likeness (QED) is 0.841. The molecular weight excluding hydrogens is 318 g/mol. The summed E-state index contributed by atoms with van der Waals surface area (Å²) < 4.78 is 4.90. The highest BCUT2D eigenvalue weighted by atomic mass is 35.5. The number of carbonyl (C=O) groups is 2. The van der Waals surface area contributed by atoms with E-state index in [-0.39, 0.29) is 11.8 Å². The average Bonchev–Trinajstić information content (AvgIpc) is 3.21. The highest BCUT2D eigenvalue weighted by Crippen LogP contribution is 2.47. The summed E-state index contributed by atoms with van der Waals surface area (Å²) in [6, 6.07) is 6.79. The Bertz CT molecular complexity index is 781. The Hall–Kier alpha value is -2.34. The molecule has 3 rings (SSSR count). The van der Waals surface area contributed by atoms with Gasteiger partial charge in [-0.1, -0.05) is 16.8 Å². The van der Waals surface area contributed by atoms with Gasteiger partial charge in [0.1, 0.15) is 11.2 Å². The van der Waals surface area contributed by atoms with Crippen molar-refractivity contribution >= 4 is 34.9 Å². The third kappa shape index (κ3) is 3.07. The van der Waals surface area contributed by atoms with Crippen LogP contribution in [0, 0.1) is 19.3 Å². The molecule has 0 aliphatic heterocycles. The monoisotopic (exact) mass is 333 g/mol. The SMILES string of the molecule is Cc1cc(NC(=O)C2(C(=O)Nc3ccc(Cl)cc3C)CC2)no1. The summed E-state index contributed by atoms with van der Waals surface area (Å²) in [5, 5.41) is 9.75. The predicted molar refractivity (Wildman–Crippen MR) is 86.4 cm³/mol. The van der Waals surface area contributed by atoms with Gasteiger partial charge in [0.2, 0.25) is 11.8 Å². The van der Waals surface area contributed by atoms with Crippen LogP contribution in [0.25, 0.3) is 0 Å². The Morgan fingerprint density at radius 2 is 1.87 bits per heavy atom. The van der Waals surface area contributed by atoms with Gasteiger partial charge in [-0.3, -0.25) is 9.59 Å². The van der Waals surface area contributed by atoms with Crippen LogP contribution in [0.1, 0.15) is 24.2 Å². The summed E-state index contributed by atoms with van der Waals surface area (Å²) in [5.41, 5.74) is 0.448. The molecule has 0 spiro atoms. The standard InChI is InChI=1S/C16H16ClN3O3/c1-9-7-11(17)3-4-12(9)18-14(21)16(5-6-16)15(22)19-13-8-10(2)23-20-13/h3-4,7-8H,5-6H2,1-2H3,(H,18,21)(H,19,20,22). The summed E-state index contributed by atoms with van der Waals surface area (Å²) in [4.78, 5) is 24.9. The maximum Gasteiger partial charge on any atom is 0.241 e.